The highest BCUT2D eigenvalue weighted by Gasteiger charge is 2.25. The molecular formula is C13H14IN3O. The first-order valence-electron chi connectivity index (χ1n) is 6.07. The summed E-state index contributed by atoms with van der Waals surface area (Å²) in [5, 5.41) is 4.05. The zero-order valence-electron chi connectivity index (χ0n) is 9.92. The van der Waals surface area contributed by atoms with Crippen molar-refractivity contribution < 1.29 is 4.52 Å². The Morgan fingerprint density at radius 2 is 2.17 bits per heavy atom. The Labute approximate surface area is 120 Å². The number of benzene rings is 1. The van der Waals surface area contributed by atoms with Crippen molar-refractivity contribution in [3.05, 3.63) is 30.3 Å². The van der Waals surface area contributed by atoms with Crippen LogP contribution >= 0.6 is 22.6 Å². The van der Waals surface area contributed by atoms with Gasteiger partial charge < -0.3 is 9.42 Å². The molecule has 1 fully saturated rings. The Balaban J connectivity index is 1.78. The third kappa shape index (κ3) is 2.36. The fourth-order valence-electron chi connectivity index (χ4n) is 2.18. The van der Waals surface area contributed by atoms with Crippen LogP contribution in [-0.2, 0) is 0 Å². The lowest BCUT2D eigenvalue weighted by Gasteiger charge is -2.11. The van der Waals surface area contributed by atoms with Gasteiger partial charge in [-0.2, -0.15) is 4.98 Å². The SMILES string of the molecule is IC[C@H]1CCN(c2nc(-c3ccccc3)no2)C1. The number of rotatable bonds is 3. The van der Waals surface area contributed by atoms with Gasteiger partial charge >= 0.3 is 6.01 Å². The van der Waals surface area contributed by atoms with E-state index in [2.05, 4.69) is 37.6 Å². The van der Waals surface area contributed by atoms with E-state index < -0.39 is 0 Å². The summed E-state index contributed by atoms with van der Waals surface area (Å²) in [5.41, 5.74) is 0.997. The van der Waals surface area contributed by atoms with Crippen molar-refractivity contribution in [2.45, 2.75) is 6.42 Å². The lowest BCUT2D eigenvalue weighted by molar-refractivity contribution is 0.418. The summed E-state index contributed by atoms with van der Waals surface area (Å²) >= 11 is 2.44. The zero-order chi connectivity index (χ0) is 12.4. The molecule has 1 aliphatic heterocycles. The maximum atomic E-state index is 5.36. The van der Waals surface area contributed by atoms with Crippen LogP contribution in [0.2, 0.25) is 0 Å². The first-order chi connectivity index (χ1) is 8.86. The smallest absolute Gasteiger partial charge is 0.324 e. The van der Waals surface area contributed by atoms with Gasteiger partial charge in [-0.05, 0) is 12.3 Å². The van der Waals surface area contributed by atoms with Gasteiger partial charge in [0.2, 0.25) is 5.82 Å². The molecule has 0 N–H and O–H groups in total. The molecule has 1 aromatic heterocycles. The van der Waals surface area contributed by atoms with Gasteiger partial charge in [0.15, 0.2) is 0 Å². The molecule has 94 valence electrons. The minimum atomic E-state index is 0.654. The number of aromatic nitrogens is 2. The molecule has 4 nitrogen and oxygen atoms in total. The average molecular weight is 355 g/mol. The summed E-state index contributed by atoms with van der Waals surface area (Å²) in [7, 11) is 0. The molecule has 0 saturated carbocycles. The number of alkyl halides is 1. The molecule has 18 heavy (non-hydrogen) atoms. The lowest BCUT2D eigenvalue weighted by atomic mass is 10.2. The Hall–Kier alpha value is -1.11. The highest BCUT2D eigenvalue weighted by molar-refractivity contribution is 14.1. The van der Waals surface area contributed by atoms with Gasteiger partial charge in [-0.3, -0.25) is 0 Å². The van der Waals surface area contributed by atoms with Gasteiger partial charge in [0.1, 0.15) is 0 Å². The number of nitrogens with zero attached hydrogens (tertiary/aromatic N) is 3. The van der Waals surface area contributed by atoms with Gasteiger partial charge in [-0.15, -0.1) is 0 Å². The third-order valence-corrected chi connectivity index (χ3v) is 4.47. The Morgan fingerprint density at radius 1 is 1.33 bits per heavy atom. The predicted octanol–water partition coefficient (Wildman–Crippen LogP) is 3.00. The first-order valence-corrected chi connectivity index (χ1v) is 7.59. The van der Waals surface area contributed by atoms with Crippen LogP contribution in [0.15, 0.2) is 34.9 Å². The van der Waals surface area contributed by atoms with Crippen LogP contribution in [-0.4, -0.2) is 27.7 Å². The fourth-order valence-corrected chi connectivity index (χ4v) is 2.90. The molecule has 0 aliphatic carbocycles. The molecule has 0 amide bonds. The highest BCUT2D eigenvalue weighted by atomic mass is 127. The second-order valence-electron chi connectivity index (χ2n) is 4.52. The lowest BCUT2D eigenvalue weighted by Crippen LogP contribution is -2.20. The van der Waals surface area contributed by atoms with Crippen molar-refractivity contribution in [1.29, 1.82) is 0 Å². The van der Waals surface area contributed by atoms with Crippen molar-refractivity contribution in [1.82, 2.24) is 10.1 Å². The third-order valence-electron chi connectivity index (χ3n) is 3.22. The molecule has 3 rings (SSSR count). The van der Waals surface area contributed by atoms with Gasteiger partial charge in [0.05, 0.1) is 0 Å². The molecule has 0 radical (unpaired) electrons. The minimum Gasteiger partial charge on any atom is -0.324 e. The van der Waals surface area contributed by atoms with Crippen molar-refractivity contribution >= 4 is 28.6 Å². The van der Waals surface area contributed by atoms with Crippen molar-refractivity contribution in [3.8, 4) is 11.4 Å². The molecule has 1 saturated heterocycles. The number of halogens is 1. The van der Waals surface area contributed by atoms with Gasteiger partial charge in [-0.25, -0.2) is 0 Å². The van der Waals surface area contributed by atoms with Gasteiger partial charge in [-0.1, -0.05) is 58.1 Å². The van der Waals surface area contributed by atoms with Crippen LogP contribution in [0.1, 0.15) is 6.42 Å². The summed E-state index contributed by atoms with van der Waals surface area (Å²) in [6.45, 7) is 2.05. The molecule has 2 aromatic rings. The van der Waals surface area contributed by atoms with Crippen LogP contribution in [0.4, 0.5) is 6.01 Å². The standard InChI is InChI=1S/C13H14IN3O/c14-8-10-6-7-17(9-10)13-15-12(16-18-13)11-4-2-1-3-5-11/h1-5,10H,6-9H2/t10-/m1/s1. The topological polar surface area (TPSA) is 42.2 Å². The second kappa shape index (κ2) is 5.26. The first kappa shape index (κ1) is 12.0. The van der Waals surface area contributed by atoms with Gasteiger partial charge in [0, 0.05) is 23.1 Å². The normalized spacial score (nSPS) is 19.4. The quantitative estimate of drug-likeness (QED) is 0.627. The maximum Gasteiger partial charge on any atom is 0.324 e. The van der Waals surface area contributed by atoms with E-state index in [-0.39, 0.29) is 0 Å². The average Bonchev–Trinajstić information content (AvgIpc) is 3.08. The molecule has 0 unspecified atom stereocenters. The Kier molecular flexibility index (Phi) is 3.49. The van der Waals surface area contributed by atoms with E-state index in [1.807, 2.05) is 30.3 Å². The monoisotopic (exact) mass is 355 g/mol. The van der Waals surface area contributed by atoms with Crippen LogP contribution < -0.4 is 4.90 Å². The molecule has 1 aliphatic rings. The van der Waals surface area contributed by atoms with Crippen LogP contribution in [0, 0.1) is 5.92 Å². The Morgan fingerprint density at radius 3 is 2.89 bits per heavy atom. The van der Waals surface area contributed by atoms with E-state index in [0.717, 1.165) is 24.6 Å². The molecule has 5 heteroatoms. The fraction of sp³-hybridized carbons (Fsp3) is 0.385. The number of anilines is 1. The summed E-state index contributed by atoms with van der Waals surface area (Å²) in [6.07, 6.45) is 1.21. The Bertz CT molecular complexity index is 514. The molecule has 0 bridgehead atoms. The van der Waals surface area contributed by atoms with Gasteiger partial charge in [0.25, 0.3) is 0 Å². The largest absolute Gasteiger partial charge is 0.324 e. The van der Waals surface area contributed by atoms with Crippen molar-refractivity contribution in [2.75, 3.05) is 22.4 Å². The molecule has 2 heterocycles. The molecule has 1 aromatic carbocycles. The predicted molar refractivity (Wildman–Crippen MR) is 78.9 cm³/mol. The van der Waals surface area contributed by atoms with Crippen LogP contribution in [0.25, 0.3) is 11.4 Å². The van der Waals surface area contributed by atoms with Crippen LogP contribution in [0.3, 0.4) is 0 Å². The summed E-state index contributed by atoms with van der Waals surface area (Å²) in [5.74, 6) is 1.42. The van der Waals surface area contributed by atoms with E-state index in [0.29, 0.717) is 11.8 Å². The minimum absolute atomic E-state index is 0.654. The molecule has 1 atom stereocenters. The second-order valence-corrected chi connectivity index (χ2v) is 5.40. The summed E-state index contributed by atoms with van der Waals surface area (Å²) < 4.78 is 6.55. The van der Waals surface area contributed by atoms with E-state index in [1.54, 1.807) is 0 Å². The van der Waals surface area contributed by atoms with E-state index in [1.165, 1.54) is 10.8 Å². The molecule has 0 spiro atoms. The number of hydrogen-bond donors (Lipinski definition) is 0. The highest BCUT2D eigenvalue weighted by Crippen LogP contribution is 2.25. The molecular weight excluding hydrogens is 341 g/mol. The van der Waals surface area contributed by atoms with Crippen molar-refractivity contribution in [3.63, 3.8) is 0 Å². The van der Waals surface area contributed by atoms with Crippen LogP contribution in [0.5, 0.6) is 0 Å². The summed E-state index contributed by atoms with van der Waals surface area (Å²) in [4.78, 5) is 6.66. The maximum absolute atomic E-state index is 5.36. The van der Waals surface area contributed by atoms with E-state index >= 15 is 0 Å². The van der Waals surface area contributed by atoms with E-state index in [4.69, 9.17) is 4.52 Å². The summed E-state index contributed by atoms with van der Waals surface area (Å²) in [6, 6.07) is 10.6. The zero-order valence-corrected chi connectivity index (χ0v) is 12.1. The number of hydrogen-bond acceptors (Lipinski definition) is 4. The van der Waals surface area contributed by atoms with Crippen molar-refractivity contribution in [2.24, 2.45) is 5.92 Å². The van der Waals surface area contributed by atoms with E-state index in [9.17, 15) is 0 Å².